The number of nitrogens with zero attached hydrogens (tertiary/aromatic N) is 2. The number of nitrogens with one attached hydrogen (secondary N) is 1. The summed E-state index contributed by atoms with van der Waals surface area (Å²) in [5.41, 5.74) is 1.12. The van der Waals surface area contributed by atoms with Gasteiger partial charge in [-0.2, -0.15) is 0 Å². The third-order valence-electron chi connectivity index (χ3n) is 4.57. The lowest BCUT2D eigenvalue weighted by atomic mass is 10.0. The highest BCUT2D eigenvalue weighted by Gasteiger charge is 2.22. The SMILES string of the molecule is CC(CS(=O)(=O)c1ccccc1)NC(Cc1nccn1C)c1ccccc1. The third-order valence-corrected chi connectivity index (χ3v) is 6.50. The van der Waals surface area contributed by atoms with Crippen LogP contribution < -0.4 is 5.32 Å². The van der Waals surface area contributed by atoms with Crippen molar-refractivity contribution in [3.05, 3.63) is 84.4 Å². The smallest absolute Gasteiger partial charge is 0.179 e. The van der Waals surface area contributed by atoms with E-state index in [1.165, 1.54) is 0 Å². The fourth-order valence-electron chi connectivity index (χ4n) is 3.18. The lowest BCUT2D eigenvalue weighted by Gasteiger charge is -2.24. The van der Waals surface area contributed by atoms with E-state index in [-0.39, 0.29) is 17.8 Å². The predicted octanol–water partition coefficient (Wildman–Crippen LogP) is 3.16. The van der Waals surface area contributed by atoms with Gasteiger partial charge >= 0.3 is 0 Å². The second-order valence-corrected chi connectivity index (χ2v) is 8.82. The van der Waals surface area contributed by atoms with Crippen LogP contribution in [0.15, 0.2) is 78.0 Å². The number of imidazole rings is 1. The van der Waals surface area contributed by atoms with Gasteiger partial charge in [0, 0.05) is 37.9 Å². The molecule has 0 bridgehead atoms. The minimum absolute atomic E-state index is 0.0201. The Balaban J connectivity index is 1.76. The summed E-state index contributed by atoms with van der Waals surface area (Å²) >= 11 is 0. The molecule has 0 aliphatic rings. The van der Waals surface area contributed by atoms with Gasteiger partial charge in [0.1, 0.15) is 5.82 Å². The molecule has 1 N–H and O–H groups in total. The van der Waals surface area contributed by atoms with Crippen LogP contribution in [0.1, 0.15) is 24.4 Å². The zero-order valence-corrected chi connectivity index (χ0v) is 16.4. The average molecular weight is 384 g/mol. The van der Waals surface area contributed by atoms with Crippen molar-refractivity contribution in [2.75, 3.05) is 5.75 Å². The van der Waals surface area contributed by atoms with Gasteiger partial charge in [0.05, 0.1) is 10.6 Å². The second-order valence-electron chi connectivity index (χ2n) is 6.78. The molecule has 142 valence electrons. The molecule has 0 aliphatic heterocycles. The van der Waals surface area contributed by atoms with Gasteiger partial charge in [-0.15, -0.1) is 0 Å². The molecule has 3 rings (SSSR count). The first kappa shape index (κ1) is 19.3. The molecular weight excluding hydrogens is 358 g/mol. The normalized spacial score (nSPS) is 14.0. The molecule has 0 saturated carbocycles. The molecule has 3 aromatic rings. The molecule has 2 atom stereocenters. The van der Waals surface area contributed by atoms with E-state index in [1.54, 1.807) is 30.5 Å². The highest BCUT2D eigenvalue weighted by atomic mass is 32.2. The molecule has 6 heteroatoms. The Morgan fingerprint density at radius 2 is 1.67 bits per heavy atom. The fraction of sp³-hybridized carbons (Fsp3) is 0.286. The van der Waals surface area contributed by atoms with Crippen LogP contribution in [-0.4, -0.2) is 29.8 Å². The number of hydrogen-bond donors (Lipinski definition) is 1. The predicted molar refractivity (Wildman–Crippen MR) is 107 cm³/mol. The number of aromatic nitrogens is 2. The molecular formula is C21H25N3O2S. The highest BCUT2D eigenvalue weighted by Crippen LogP contribution is 2.19. The van der Waals surface area contributed by atoms with E-state index in [0.29, 0.717) is 11.3 Å². The van der Waals surface area contributed by atoms with Gasteiger partial charge in [0.25, 0.3) is 0 Å². The van der Waals surface area contributed by atoms with Gasteiger partial charge in [0.15, 0.2) is 9.84 Å². The largest absolute Gasteiger partial charge is 0.338 e. The van der Waals surface area contributed by atoms with Crippen LogP contribution in [0.25, 0.3) is 0 Å². The van der Waals surface area contributed by atoms with Gasteiger partial charge in [-0.1, -0.05) is 48.5 Å². The summed E-state index contributed by atoms with van der Waals surface area (Å²) in [6, 6.07) is 18.4. The number of aryl methyl sites for hydroxylation is 1. The second kappa shape index (κ2) is 8.50. The molecule has 2 unspecified atom stereocenters. The molecule has 0 radical (unpaired) electrons. The van der Waals surface area contributed by atoms with Crippen LogP contribution in [0.2, 0.25) is 0 Å². The van der Waals surface area contributed by atoms with Crippen molar-refractivity contribution in [1.29, 1.82) is 0 Å². The number of rotatable bonds is 8. The molecule has 0 amide bonds. The summed E-state index contributed by atoms with van der Waals surface area (Å²) in [5.74, 6) is 0.996. The van der Waals surface area contributed by atoms with Gasteiger partial charge in [0.2, 0.25) is 0 Å². The van der Waals surface area contributed by atoms with Gasteiger partial charge in [-0.25, -0.2) is 13.4 Å². The minimum Gasteiger partial charge on any atom is -0.338 e. The lowest BCUT2D eigenvalue weighted by molar-refractivity contribution is 0.460. The van der Waals surface area contributed by atoms with Crippen LogP contribution in [0.3, 0.4) is 0 Å². The fourth-order valence-corrected chi connectivity index (χ4v) is 4.70. The van der Waals surface area contributed by atoms with E-state index in [1.807, 2.05) is 49.0 Å². The maximum atomic E-state index is 12.7. The van der Waals surface area contributed by atoms with Gasteiger partial charge in [-0.05, 0) is 24.6 Å². The molecule has 1 heterocycles. The molecule has 0 spiro atoms. The average Bonchev–Trinajstić information content (AvgIpc) is 3.07. The maximum Gasteiger partial charge on any atom is 0.179 e. The van der Waals surface area contributed by atoms with Crippen molar-refractivity contribution in [3.8, 4) is 0 Å². The zero-order valence-electron chi connectivity index (χ0n) is 15.6. The van der Waals surface area contributed by atoms with Crippen molar-refractivity contribution < 1.29 is 8.42 Å². The Kier molecular flexibility index (Phi) is 6.08. The van der Waals surface area contributed by atoms with E-state index >= 15 is 0 Å². The Hall–Kier alpha value is -2.44. The third kappa shape index (κ3) is 5.05. The Morgan fingerprint density at radius 1 is 1.04 bits per heavy atom. The molecule has 0 saturated heterocycles. The van der Waals surface area contributed by atoms with Crippen LogP contribution in [0.5, 0.6) is 0 Å². The Morgan fingerprint density at radius 3 is 2.26 bits per heavy atom. The Bertz CT molecular complexity index is 953. The summed E-state index contributed by atoms with van der Waals surface area (Å²) in [6.45, 7) is 1.91. The van der Waals surface area contributed by atoms with Gasteiger partial charge in [-0.3, -0.25) is 0 Å². The van der Waals surface area contributed by atoms with E-state index in [4.69, 9.17) is 0 Å². The maximum absolute atomic E-state index is 12.7. The number of benzene rings is 2. The number of sulfone groups is 1. The van der Waals surface area contributed by atoms with Gasteiger partial charge < -0.3 is 9.88 Å². The van der Waals surface area contributed by atoms with Crippen LogP contribution in [-0.2, 0) is 23.3 Å². The summed E-state index contributed by atoms with van der Waals surface area (Å²) in [4.78, 5) is 4.78. The van der Waals surface area contributed by atoms with Crippen molar-refractivity contribution in [3.63, 3.8) is 0 Å². The van der Waals surface area contributed by atoms with Crippen molar-refractivity contribution in [2.24, 2.45) is 7.05 Å². The van der Waals surface area contributed by atoms with E-state index in [9.17, 15) is 8.42 Å². The van der Waals surface area contributed by atoms with Crippen LogP contribution in [0.4, 0.5) is 0 Å². The monoisotopic (exact) mass is 383 g/mol. The summed E-state index contributed by atoms with van der Waals surface area (Å²) < 4.78 is 27.3. The molecule has 0 aliphatic carbocycles. The van der Waals surface area contributed by atoms with Crippen molar-refractivity contribution >= 4 is 9.84 Å². The quantitative estimate of drug-likeness (QED) is 0.649. The summed E-state index contributed by atoms with van der Waals surface area (Å²) in [7, 11) is -1.37. The first-order valence-electron chi connectivity index (χ1n) is 9.01. The number of hydrogen-bond acceptors (Lipinski definition) is 4. The summed E-state index contributed by atoms with van der Waals surface area (Å²) in [6.07, 6.45) is 4.38. The first-order valence-corrected chi connectivity index (χ1v) is 10.7. The minimum atomic E-state index is -3.34. The van der Waals surface area contributed by atoms with Crippen molar-refractivity contribution in [1.82, 2.24) is 14.9 Å². The highest BCUT2D eigenvalue weighted by molar-refractivity contribution is 7.91. The van der Waals surface area contributed by atoms with Crippen LogP contribution >= 0.6 is 0 Å². The van der Waals surface area contributed by atoms with E-state index in [2.05, 4.69) is 22.4 Å². The van der Waals surface area contributed by atoms with E-state index in [0.717, 1.165) is 11.4 Å². The molecule has 2 aromatic carbocycles. The van der Waals surface area contributed by atoms with E-state index < -0.39 is 9.84 Å². The molecule has 0 fully saturated rings. The standard InChI is InChI=1S/C21H25N3O2S/c1-17(16-27(25,26)19-11-7-4-8-12-19)23-20(18-9-5-3-6-10-18)15-21-22-13-14-24(21)2/h3-14,17,20,23H,15-16H2,1-2H3. The molecule has 5 nitrogen and oxygen atoms in total. The zero-order chi connectivity index (χ0) is 19.3. The molecule has 1 aromatic heterocycles. The molecule has 27 heavy (non-hydrogen) atoms. The topological polar surface area (TPSA) is 64.0 Å². The Labute approximate surface area is 161 Å². The van der Waals surface area contributed by atoms with Crippen molar-refractivity contribution in [2.45, 2.75) is 30.3 Å². The first-order chi connectivity index (χ1) is 13.0. The lowest BCUT2D eigenvalue weighted by Crippen LogP contribution is -2.37. The van der Waals surface area contributed by atoms with Crippen LogP contribution in [0, 0.1) is 0 Å². The summed E-state index contributed by atoms with van der Waals surface area (Å²) in [5, 5.41) is 3.49.